The van der Waals surface area contributed by atoms with Crippen molar-refractivity contribution in [2.24, 2.45) is 5.41 Å². The molecule has 2 aromatic carbocycles. The zero-order chi connectivity index (χ0) is 23.0. The van der Waals surface area contributed by atoms with Crippen molar-refractivity contribution in [3.8, 4) is 5.69 Å². The zero-order valence-electron chi connectivity index (χ0n) is 18.5. The van der Waals surface area contributed by atoms with Crippen LogP contribution in [0.2, 0.25) is 0 Å². The van der Waals surface area contributed by atoms with Crippen LogP contribution >= 0.6 is 0 Å². The smallest absolute Gasteiger partial charge is 0.253 e. The van der Waals surface area contributed by atoms with Crippen LogP contribution in [0.1, 0.15) is 35.2 Å². The number of amides is 2. The van der Waals surface area contributed by atoms with E-state index in [0.29, 0.717) is 37.9 Å². The van der Waals surface area contributed by atoms with Gasteiger partial charge in [0, 0.05) is 37.4 Å². The molecule has 5 rings (SSSR count). The molecule has 2 aliphatic rings. The molecule has 8 heteroatoms. The Hall–Kier alpha value is -3.55. The number of benzene rings is 2. The van der Waals surface area contributed by atoms with Gasteiger partial charge in [0.05, 0.1) is 5.41 Å². The van der Waals surface area contributed by atoms with Crippen molar-refractivity contribution < 1.29 is 14.0 Å². The Labute approximate surface area is 191 Å². The Morgan fingerprint density at radius 2 is 1.82 bits per heavy atom. The van der Waals surface area contributed by atoms with E-state index < -0.39 is 5.41 Å². The first-order valence-corrected chi connectivity index (χ1v) is 11.2. The third-order valence-electron chi connectivity index (χ3n) is 7.13. The summed E-state index contributed by atoms with van der Waals surface area (Å²) in [7, 11) is 1.84. The molecule has 7 nitrogen and oxygen atoms in total. The molecular weight excluding hydrogens is 421 g/mol. The van der Waals surface area contributed by atoms with Gasteiger partial charge in [-0.25, -0.2) is 4.39 Å². The molecule has 1 atom stereocenters. The minimum absolute atomic E-state index is 0.0325. The standard InChI is InChI=1S/C25H26FN5O2/c1-29-22(13-18-4-2-6-20(26)12-18)15-25(24(29)33)8-10-30(11-9-25)23(32)19-5-3-7-21(14-19)31-16-27-28-17-31/h2-7,12,14,16-17,22H,8-11,13,15H2,1H3. The number of rotatable bonds is 4. The Balaban J connectivity index is 1.26. The monoisotopic (exact) mass is 447 g/mol. The maximum atomic E-state index is 13.6. The summed E-state index contributed by atoms with van der Waals surface area (Å²) < 4.78 is 15.4. The average Bonchev–Trinajstić information content (AvgIpc) is 3.44. The van der Waals surface area contributed by atoms with Crippen LogP contribution in [0.3, 0.4) is 0 Å². The molecule has 2 aliphatic heterocycles. The van der Waals surface area contributed by atoms with Gasteiger partial charge >= 0.3 is 0 Å². The van der Waals surface area contributed by atoms with Crippen molar-refractivity contribution >= 4 is 11.8 Å². The van der Waals surface area contributed by atoms with E-state index in [2.05, 4.69) is 10.2 Å². The highest BCUT2D eigenvalue weighted by molar-refractivity contribution is 5.95. The zero-order valence-corrected chi connectivity index (χ0v) is 18.5. The molecule has 0 N–H and O–H groups in total. The highest BCUT2D eigenvalue weighted by Crippen LogP contribution is 2.44. The number of carbonyl (C=O) groups excluding carboxylic acids is 2. The van der Waals surface area contributed by atoms with Crippen molar-refractivity contribution in [1.82, 2.24) is 24.6 Å². The van der Waals surface area contributed by atoms with E-state index in [0.717, 1.165) is 17.7 Å². The largest absolute Gasteiger partial charge is 0.342 e. The van der Waals surface area contributed by atoms with E-state index in [1.807, 2.05) is 47.2 Å². The normalized spacial score (nSPS) is 19.9. The Bertz CT molecular complexity index is 1170. The van der Waals surface area contributed by atoms with Crippen LogP contribution in [0.4, 0.5) is 4.39 Å². The molecule has 0 bridgehead atoms. The maximum Gasteiger partial charge on any atom is 0.253 e. The lowest BCUT2D eigenvalue weighted by molar-refractivity contribution is -0.137. The first-order chi connectivity index (χ1) is 15.9. The molecule has 3 heterocycles. The van der Waals surface area contributed by atoms with Crippen LogP contribution in [0, 0.1) is 11.2 Å². The van der Waals surface area contributed by atoms with E-state index in [4.69, 9.17) is 0 Å². The minimum atomic E-state index is -0.437. The summed E-state index contributed by atoms with van der Waals surface area (Å²) in [5.41, 5.74) is 1.90. The summed E-state index contributed by atoms with van der Waals surface area (Å²) in [4.78, 5) is 30.0. The van der Waals surface area contributed by atoms with Crippen LogP contribution in [-0.4, -0.2) is 62.6 Å². The predicted molar refractivity (Wildman–Crippen MR) is 120 cm³/mol. The minimum Gasteiger partial charge on any atom is -0.342 e. The first-order valence-electron chi connectivity index (χ1n) is 11.2. The summed E-state index contributed by atoms with van der Waals surface area (Å²) in [6.07, 6.45) is 5.86. The average molecular weight is 448 g/mol. The third kappa shape index (κ3) is 4.01. The van der Waals surface area contributed by atoms with Gasteiger partial charge in [0.15, 0.2) is 0 Å². The van der Waals surface area contributed by atoms with Gasteiger partial charge in [-0.3, -0.25) is 14.2 Å². The number of hydrogen-bond donors (Lipinski definition) is 0. The van der Waals surface area contributed by atoms with Crippen molar-refractivity contribution in [2.75, 3.05) is 20.1 Å². The molecule has 0 saturated carbocycles. The lowest BCUT2D eigenvalue weighted by Crippen LogP contribution is -2.46. The molecule has 2 fully saturated rings. The van der Waals surface area contributed by atoms with Gasteiger partial charge in [-0.1, -0.05) is 18.2 Å². The molecule has 0 radical (unpaired) electrons. The van der Waals surface area contributed by atoms with Crippen molar-refractivity contribution in [3.05, 3.63) is 78.1 Å². The highest BCUT2D eigenvalue weighted by Gasteiger charge is 2.51. The lowest BCUT2D eigenvalue weighted by Gasteiger charge is -2.37. The number of likely N-dealkylation sites (N-methyl/N-ethyl adjacent to an activating group) is 1. The van der Waals surface area contributed by atoms with E-state index in [1.54, 1.807) is 29.4 Å². The van der Waals surface area contributed by atoms with Crippen LogP contribution in [0.5, 0.6) is 0 Å². The van der Waals surface area contributed by atoms with Crippen molar-refractivity contribution in [1.29, 1.82) is 0 Å². The molecular formula is C25H26FN5O2. The summed E-state index contributed by atoms with van der Waals surface area (Å²) in [5, 5.41) is 7.63. The number of likely N-dealkylation sites (tertiary alicyclic amines) is 2. The van der Waals surface area contributed by atoms with E-state index in [9.17, 15) is 14.0 Å². The number of nitrogens with zero attached hydrogens (tertiary/aromatic N) is 5. The van der Waals surface area contributed by atoms with Crippen LogP contribution < -0.4 is 0 Å². The van der Waals surface area contributed by atoms with E-state index >= 15 is 0 Å². The molecule has 2 amide bonds. The quantitative estimate of drug-likeness (QED) is 0.616. The van der Waals surface area contributed by atoms with Gasteiger partial charge < -0.3 is 9.80 Å². The van der Waals surface area contributed by atoms with E-state index in [-0.39, 0.29) is 23.7 Å². The fourth-order valence-corrected chi connectivity index (χ4v) is 5.23. The molecule has 3 aromatic rings. The summed E-state index contributed by atoms with van der Waals surface area (Å²) in [5.74, 6) is -0.144. The number of aromatic nitrogens is 3. The molecule has 170 valence electrons. The molecule has 1 spiro atoms. The third-order valence-corrected chi connectivity index (χ3v) is 7.13. The Morgan fingerprint density at radius 3 is 2.55 bits per heavy atom. The van der Waals surface area contributed by atoms with Crippen molar-refractivity contribution in [2.45, 2.75) is 31.7 Å². The first kappa shape index (κ1) is 21.3. The SMILES string of the molecule is CN1C(=O)C2(CCN(C(=O)c3cccc(-n4cnnc4)c3)CC2)CC1Cc1cccc(F)c1. The molecule has 0 aliphatic carbocycles. The van der Waals surface area contributed by atoms with Crippen molar-refractivity contribution in [3.63, 3.8) is 0 Å². The number of halogens is 1. The number of piperidine rings is 1. The maximum absolute atomic E-state index is 13.6. The summed E-state index contributed by atoms with van der Waals surface area (Å²) in [6, 6.07) is 14.0. The molecule has 33 heavy (non-hydrogen) atoms. The lowest BCUT2D eigenvalue weighted by atomic mass is 9.75. The Morgan fingerprint density at radius 1 is 1.09 bits per heavy atom. The van der Waals surface area contributed by atoms with Gasteiger partial charge in [0.1, 0.15) is 18.5 Å². The van der Waals surface area contributed by atoms with E-state index in [1.165, 1.54) is 6.07 Å². The second-order valence-electron chi connectivity index (χ2n) is 9.10. The number of carbonyl (C=O) groups is 2. The predicted octanol–water partition coefficient (Wildman–Crippen LogP) is 3.10. The van der Waals surface area contributed by atoms with Crippen LogP contribution in [-0.2, 0) is 11.2 Å². The topological polar surface area (TPSA) is 71.3 Å². The summed E-state index contributed by atoms with van der Waals surface area (Å²) >= 11 is 0. The Kier molecular flexibility index (Phi) is 5.44. The highest BCUT2D eigenvalue weighted by atomic mass is 19.1. The van der Waals surface area contributed by atoms with Gasteiger partial charge in [-0.05, 0) is 61.6 Å². The summed E-state index contributed by atoms with van der Waals surface area (Å²) in [6.45, 7) is 1.09. The fraction of sp³-hybridized carbons (Fsp3) is 0.360. The van der Waals surface area contributed by atoms with Gasteiger partial charge in [-0.2, -0.15) is 0 Å². The van der Waals surface area contributed by atoms with Crippen LogP contribution in [0.15, 0.2) is 61.2 Å². The van der Waals surface area contributed by atoms with Crippen LogP contribution in [0.25, 0.3) is 5.69 Å². The molecule has 1 unspecified atom stereocenters. The second-order valence-corrected chi connectivity index (χ2v) is 9.10. The molecule has 1 aromatic heterocycles. The number of hydrogen-bond acceptors (Lipinski definition) is 4. The van der Waals surface area contributed by atoms with Gasteiger partial charge in [-0.15, -0.1) is 10.2 Å². The van der Waals surface area contributed by atoms with Gasteiger partial charge in [0.25, 0.3) is 5.91 Å². The van der Waals surface area contributed by atoms with Gasteiger partial charge in [0.2, 0.25) is 5.91 Å². The second kappa shape index (κ2) is 8.42. The molecule has 2 saturated heterocycles. The fourth-order valence-electron chi connectivity index (χ4n) is 5.23.